The monoisotopic (exact) mass is 296 g/mol. The van der Waals surface area contributed by atoms with Gasteiger partial charge < -0.3 is 10.2 Å². The lowest BCUT2D eigenvalue weighted by molar-refractivity contribution is 0.342. The summed E-state index contributed by atoms with van der Waals surface area (Å²) < 4.78 is 1.19. The van der Waals surface area contributed by atoms with Crippen LogP contribution >= 0.6 is 15.9 Å². The van der Waals surface area contributed by atoms with Crippen LogP contribution in [0.5, 0.6) is 0 Å². The van der Waals surface area contributed by atoms with Crippen LogP contribution < -0.4 is 10.2 Å². The van der Waals surface area contributed by atoms with Gasteiger partial charge in [0.25, 0.3) is 0 Å². The number of benzene rings is 1. The Labute approximate surface area is 113 Å². The molecule has 3 heteroatoms. The Balaban J connectivity index is 2.33. The standard InChI is InChI=1S/C14H21BrN2/c1-4-14(3)10-16-7-8-17(14)12-5-6-13(15)11(2)9-12/h5-6,9,16H,4,7-8,10H2,1-3H3. The predicted octanol–water partition coefficient (Wildman–Crippen LogP) is 3.34. The largest absolute Gasteiger partial charge is 0.364 e. The van der Waals surface area contributed by atoms with Crippen LogP contribution in [0, 0.1) is 6.92 Å². The maximum Gasteiger partial charge on any atom is 0.0496 e. The highest BCUT2D eigenvalue weighted by atomic mass is 79.9. The molecule has 1 saturated heterocycles. The van der Waals surface area contributed by atoms with Gasteiger partial charge in [0.1, 0.15) is 0 Å². The van der Waals surface area contributed by atoms with E-state index in [1.807, 2.05) is 0 Å². The Morgan fingerprint density at radius 3 is 2.88 bits per heavy atom. The van der Waals surface area contributed by atoms with Crippen molar-refractivity contribution in [3.63, 3.8) is 0 Å². The average Bonchev–Trinajstić information content (AvgIpc) is 2.33. The topological polar surface area (TPSA) is 15.3 Å². The third-order valence-corrected chi connectivity index (χ3v) is 4.77. The Morgan fingerprint density at radius 2 is 2.24 bits per heavy atom. The van der Waals surface area contributed by atoms with Crippen molar-refractivity contribution in [1.29, 1.82) is 0 Å². The lowest BCUT2D eigenvalue weighted by Gasteiger charge is -2.46. The number of hydrogen-bond donors (Lipinski definition) is 1. The first-order chi connectivity index (χ1) is 8.07. The minimum atomic E-state index is 0.235. The molecule has 94 valence electrons. The molecule has 0 bridgehead atoms. The Morgan fingerprint density at radius 1 is 1.47 bits per heavy atom. The van der Waals surface area contributed by atoms with Crippen molar-refractivity contribution >= 4 is 21.6 Å². The van der Waals surface area contributed by atoms with Gasteiger partial charge in [0, 0.05) is 35.3 Å². The predicted molar refractivity (Wildman–Crippen MR) is 77.8 cm³/mol. The van der Waals surface area contributed by atoms with Gasteiger partial charge in [0.2, 0.25) is 0 Å². The summed E-state index contributed by atoms with van der Waals surface area (Å²) in [6, 6.07) is 6.66. The van der Waals surface area contributed by atoms with Crippen LogP contribution in [0.3, 0.4) is 0 Å². The fraction of sp³-hybridized carbons (Fsp3) is 0.571. The van der Waals surface area contributed by atoms with Crippen molar-refractivity contribution in [3.8, 4) is 0 Å². The second-order valence-electron chi connectivity index (χ2n) is 5.11. The lowest BCUT2D eigenvalue weighted by atomic mass is 9.93. The zero-order chi connectivity index (χ0) is 12.5. The zero-order valence-electron chi connectivity index (χ0n) is 10.9. The summed E-state index contributed by atoms with van der Waals surface area (Å²) in [5, 5.41) is 3.50. The number of halogens is 1. The van der Waals surface area contributed by atoms with Gasteiger partial charge in [0.15, 0.2) is 0 Å². The van der Waals surface area contributed by atoms with Crippen molar-refractivity contribution in [1.82, 2.24) is 5.32 Å². The van der Waals surface area contributed by atoms with Crippen molar-refractivity contribution in [2.24, 2.45) is 0 Å². The number of aryl methyl sites for hydroxylation is 1. The van der Waals surface area contributed by atoms with Crippen molar-refractivity contribution in [2.75, 3.05) is 24.5 Å². The van der Waals surface area contributed by atoms with Crippen LogP contribution in [0.15, 0.2) is 22.7 Å². The normalized spacial score (nSPS) is 25.1. The molecule has 1 atom stereocenters. The minimum absolute atomic E-state index is 0.235. The molecular formula is C14H21BrN2. The fourth-order valence-electron chi connectivity index (χ4n) is 2.47. The number of hydrogen-bond acceptors (Lipinski definition) is 2. The summed E-state index contributed by atoms with van der Waals surface area (Å²) in [5.74, 6) is 0. The highest BCUT2D eigenvalue weighted by Crippen LogP contribution is 2.30. The van der Waals surface area contributed by atoms with E-state index in [1.165, 1.54) is 15.7 Å². The first-order valence-electron chi connectivity index (χ1n) is 6.31. The zero-order valence-corrected chi connectivity index (χ0v) is 12.5. The smallest absolute Gasteiger partial charge is 0.0496 e. The van der Waals surface area contributed by atoms with E-state index >= 15 is 0 Å². The molecule has 1 aromatic rings. The molecule has 1 N–H and O–H groups in total. The molecule has 2 rings (SSSR count). The summed E-state index contributed by atoms with van der Waals surface area (Å²) in [4.78, 5) is 2.54. The first kappa shape index (κ1) is 12.9. The molecule has 1 aromatic carbocycles. The maximum atomic E-state index is 3.57. The molecule has 17 heavy (non-hydrogen) atoms. The van der Waals surface area contributed by atoms with E-state index in [0.29, 0.717) is 0 Å². The minimum Gasteiger partial charge on any atom is -0.364 e. The highest BCUT2D eigenvalue weighted by Gasteiger charge is 2.32. The average molecular weight is 297 g/mol. The third-order valence-electron chi connectivity index (χ3n) is 3.88. The van der Waals surface area contributed by atoms with Crippen molar-refractivity contribution < 1.29 is 0 Å². The second kappa shape index (κ2) is 4.99. The maximum absolute atomic E-state index is 3.57. The Hall–Kier alpha value is -0.540. The number of nitrogens with zero attached hydrogens (tertiary/aromatic N) is 1. The third kappa shape index (κ3) is 2.50. The molecule has 0 spiro atoms. The summed E-state index contributed by atoms with van der Waals surface area (Å²) in [6.45, 7) is 10.00. The van der Waals surface area contributed by atoms with Gasteiger partial charge in [-0.05, 0) is 44.0 Å². The van der Waals surface area contributed by atoms with Crippen LogP contribution in [0.2, 0.25) is 0 Å². The van der Waals surface area contributed by atoms with E-state index in [9.17, 15) is 0 Å². The molecule has 1 fully saturated rings. The summed E-state index contributed by atoms with van der Waals surface area (Å²) in [5.41, 5.74) is 2.88. The van der Waals surface area contributed by atoms with Gasteiger partial charge >= 0.3 is 0 Å². The lowest BCUT2D eigenvalue weighted by Crippen LogP contribution is -2.59. The first-order valence-corrected chi connectivity index (χ1v) is 7.10. The summed E-state index contributed by atoms with van der Waals surface area (Å²) in [7, 11) is 0. The van der Waals surface area contributed by atoms with E-state index in [2.05, 4.69) is 65.1 Å². The van der Waals surface area contributed by atoms with E-state index < -0.39 is 0 Å². The van der Waals surface area contributed by atoms with Gasteiger partial charge in [0.05, 0.1) is 0 Å². The summed E-state index contributed by atoms with van der Waals surface area (Å²) in [6.07, 6.45) is 1.16. The molecule has 1 heterocycles. The van der Waals surface area contributed by atoms with E-state index in [4.69, 9.17) is 0 Å². The van der Waals surface area contributed by atoms with Crippen LogP contribution in [0.1, 0.15) is 25.8 Å². The van der Waals surface area contributed by atoms with Crippen LogP contribution in [-0.4, -0.2) is 25.2 Å². The molecule has 0 aliphatic carbocycles. The Kier molecular flexibility index (Phi) is 3.79. The molecular weight excluding hydrogens is 276 g/mol. The van der Waals surface area contributed by atoms with E-state index in [1.54, 1.807) is 0 Å². The molecule has 2 nitrogen and oxygen atoms in total. The Bertz CT molecular complexity index is 405. The number of rotatable bonds is 2. The fourth-order valence-corrected chi connectivity index (χ4v) is 2.71. The van der Waals surface area contributed by atoms with Crippen LogP contribution in [0.25, 0.3) is 0 Å². The van der Waals surface area contributed by atoms with Gasteiger partial charge in [-0.2, -0.15) is 0 Å². The quantitative estimate of drug-likeness (QED) is 0.900. The molecule has 0 aromatic heterocycles. The van der Waals surface area contributed by atoms with E-state index in [-0.39, 0.29) is 5.54 Å². The van der Waals surface area contributed by atoms with Crippen LogP contribution in [0.4, 0.5) is 5.69 Å². The number of piperazine rings is 1. The van der Waals surface area contributed by atoms with Gasteiger partial charge in [-0.1, -0.05) is 22.9 Å². The second-order valence-corrected chi connectivity index (χ2v) is 5.97. The molecule has 1 aliphatic rings. The van der Waals surface area contributed by atoms with Crippen molar-refractivity contribution in [2.45, 2.75) is 32.7 Å². The number of nitrogens with one attached hydrogen (secondary N) is 1. The highest BCUT2D eigenvalue weighted by molar-refractivity contribution is 9.10. The number of anilines is 1. The summed E-state index contributed by atoms with van der Waals surface area (Å²) >= 11 is 3.57. The molecule has 1 unspecified atom stereocenters. The molecule has 1 aliphatic heterocycles. The van der Waals surface area contributed by atoms with Crippen molar-refractivity contribution in [3.05, 3.63) is 28.2 Å². The van der Waals surface area contributed by atoms with Gasteiger partial charge in [-0.15, -0.1) is 0 Å². The van der Waals surface area contributed by atoms with Crippen LogP contribution in [-0.2, 0) is 0 Å². The molecule has 0 amide bonds. The van der Waals surface area contributed by atoms with Gasteiger partial charge in [-0.3, -0.25) is 0 Å². The SMILES string of the molecule is CCC1(C)CNCCN1c1ccc(Br)c(C)c1. The van der Waals surface area contributed by atoms with Gasteiger partial charge in [-0.25, -0.2) is 0 Å². The molecule has 0 radical (unpaired) electrons. The molecule has 0 saturated carbocycles. The van der Waals surface area contributed by atoms with E-state index in [0.717, 1.165) is 26.1 Å².